The van der Waals surface area contributed by atoms with Gasteiger partial charge in [0.05, 0.1) is 17.5 Å². The maximum Gasteiger partial charge on any atom is 0.315 e. The Morgan fingerprint density at radius 3 is 2.96 bits per heavy atom. The highest BCUT2D eigenvalue weighted by atomic mass is 16.5. The molecule has 122 valence electrons. The summed E-state index contributed by atoms with van der Waals surface area (Å²) in [6.07, 6.45) is 5.75. The van der Waals surface area contributed by atoms with Crippen LogP contribution in [0.15, 0.2) is 30.6 Å². The fourth-order valence-electron chi connectivity index (χ4n) is 2.56. The van der Waals surface area contributed by atoms with Crippen molar-refractivity contribution >= 4 is 6.03 Å². The monoisotopic (exact) mass is 315 g/mol. The summed E-state index contributed by atoms with van der Waals surface area (Å²) in [5, 5.41) is 9.78. The molecule has 23 heavy (non-hydrogen) atoms. The second kappa shape index (κ2) is 7.23. The zero-order valence-corrected chi connectivity index (χ0v) is 13.2. The molecule has 7 heteroatoms. The second-order valence-electron chi connectivity index (χ2n) is 5.59. The van der Waals surface area contributed by atoms with Gasteiger partial charge in [-0.2, -0.15) is 5.10 Å². The minimum absolute atomic E-state index is 0.153. The number of rotatable bonds is 5. The number of urea groups is 1. The van der Waals surface area contributed by atoms with E-state index in [0.29, 0.717) is 13.1 Å². The molecule has 7 nitrogen and oxygen atoms in total. The number of hydrogen-bond acceptors (Lipinski definition) is 4. The first kappa shape index (κ1) is 15.5. The summed E-state index contributed by atoms with van der Waals surface area (Å²) in [7, 11) is 1.88. The summed E-state index contributed by atoms with van der Waals surface area (Å²) in [5.74, 6) is 0. The lowest BCUT2D eigenvalue weighted by molar-refractivity contribution is 0.111. The van der Waals surface area contributed by atoms with Crippen LogP contribution in [0, 0.1) is 0 Å². The Balaban J connectivity index is 1.46. The second-order valence-corrected chi connectivity index (χ2v) is 5.59. The molecule has 0 radical (unpaired) electrons. The molecule has 1 aliphatic rings. The van der Waals surface area contributed by atoms with Gasteiger partial charge in [0.2, 0.25) is 0 Å². The lowest BCUT2D eigenvalue weighted by Crippen LogP contribution is -2.39. The highest BCUT2D eigenvalue weighted by molar-refractivity contribution is 5.73. The predicted octanol–water partition coefficient (Wildman–Crippen LogP) is 1.46. The fourth-order valence-corrected chi connectivity index (χ4v) is 2.56. The van der Waals surface area contributed by atoms with Gasteiger partial charge in [-0.15, -0.1) is 0 Å². The Bertz CT molecular complexity index is 647. The minimum Gasteiger partial charge on any atom is -0.376 e. The van der Waals surface area contributed by atoms with Crippen LogP contribution in [0.2, 0.25) is 0 Å². The number of amides is 2. The number of aryl methyl sites for hydroxylation is 1. The molecular formula is C16H21N5O2. The molecule has 0 saturated carbocycles. The SMILES string of the molecule is Cn1nccc1-c1ccc(CNC(=O)NC[C@H]2CCCO2)cn1. The largest absolute Gasteiger partial charge is 0.376 e. The zero-order valence-electron chi connectivity index (χ0n) is 13.2. The Kier molecular flexibility index (Phi) is 4.87. The van der Waals surface area contributed by atoms with Crippen LogP contribution in [0.1, 0.15) is 18.4 Å². The summed E-state index contributed by atoms with van der Waals surface area (Å²) in [6.45, 7) is 1.79. The number of pyridine rings is 1. The van der Waals surface area contributed by atoms with E-state index >= 15 is 0 Å². The van der Waals surface area contributed by atoms with Gasteiger partial charge in [0, 0.05) is 39.1 Å². The first-order chi connectivity index (χ1) is 11.2. The van der Waals surface area contributed by atoms with Crippen LogP contribution in [-0.4, -0.2) is 40.1 Å². The first-order valence-electron chi connectivity index (χ1n) is 7.79. The fraction of sp³-hybridized carbons (Fsp3) is 0.438. The van der Waals surface area contributed by atoms with Gasteiger partial charge in [0.15, 0.2) is 0 Å². The molecular weight excluding hydrogens is 294 g/mol. The molecule has 2 amide bonds. The van der Waals surface area contributed by atoms with E-state index in [4.69, 9.17) is 4.74 Å². The van der Waals surface area contributed by atoms with Crippen molar-refractivity contribution in [1.82, 2.24) is 25.4 Å². The number of nitrogens with zero attached hydrogens (tertiary/aromatic N) is 3. The molecule has 0 spiro atoms. The number of carbonyl (C=O) groups is 1. The summed E-state index contributed by atoms with van der Waals surface area (Å²) < 4.78 is 7.24. The highest BCUT2D eigenvalue weighted by Gasteiger charge is 2.15. The number of hydrogen-bond donors (Lipinski definition) is 2. The Morgan fingerprint density at radius 2 is 2.30 bits per heavy atom. The summed E-state index contributed by atoms with van der Waals surface area (Å²) in [6, 6.07) is 5.61. The van der Waals surface area contributed by atoms with Gasteiger partial charge in [-0.05, 0) is 30.5 Å². The van der Waals surface area contributed by atoms with Crippen LogP contribution in [0.4, 0.5) is 4.79 Å². The van der Waals surface area contributed by atoms with Crippen LogP contribution < -0.4 is 10.6 Å². The smallest absolute Gasteiger partial charge is 0.315 e. The molecule has 1 atom stereocenters. The molecule has 2 N–H and O–H groups in total. The molecule has 1 aliphatic heterocycles. The maximum atomic E-state index is 11.8. The topological polar surface area (TPSA) is 81.1 Å². The maximum absolute atomic E-state index is 11.8. The van der Waals surface area contributed by atoms with E-state index in [1.807, 2.05) is 25.2 Å². The zero-order chi connectivity index (χ0) is 16.1. The Labute approximate surface area is 135 Å². The number of nitrogens with one attached hydrogen (secondary N) is 2. The van der Waals surface area contributed by atoms with E-state index in [1.54, 1.807) is 17.1 Å². The third-order valence-corrected chi connectivity index (χ3v) is 3.88. The Morgan fingerprint density at radius 1 is 1.39 bits per heavy atom. The van der Waals surface area contributed by atoms with E-state index < -0.39 is 0 Å². The van der Waals surface area contributed by atoms with Crippen molar-refractivity contribution in [2.24, 2.45) is 7.05 Å². The molecule has 3 heterocycles. The third kappa shape index (κ3) is 4.07. The van der Waals surface area contributed by atoms with Gasteiger partial charge < -0.3 is 15.4 Å². The number of ether oxygens (including phenoxy) is 1. The molecule has 2 aromatic rings. The number of carbonyl (C=O) groups excluding carboxylic acids is 1. The molecule has 0 aromatic carbocycles. The molecule has 3 rings (SSSR count). The summed E-state index contributed by atoms with van der Waals surface area (Å²) >= 11 is 0. The predicted molar refractivity (Wildman–Crippen MR) is 85.7 cm³/mol. The average molecular weight is 315 g/mol. The highest BCUT2D eigenvalue weighted by Crippen LogP contribution is 2.15. The van der Waals surface area contributed by atoms with Crippen LogP contribution in [-0.2, 0) is 18.3 Å². The van der Waals surface area contributed by atoms with E-state index in [2.05, 4.69) is 20.7 Å². The Hall–Kier alpha value is -2.41. The van der Waals surface area contributed by atoms with Crippen molar-refractivity contribution in [2.75, 3.05) is 13.2 Å². The van der Waals surface area contributed by atoms with Gasteiger partial charge in [-0.25, -0.2) is 4.79 Å². The van der Waals surface area contributed by atoms with Crippen LogP contribution >= 0.6 is 0 Å². The van der Waals surface area contributed by atoms with Gasteiger partial charge in [-0.3, -0.25) is 9.67 Å². The first-order valence-corrected chi connectivity index (χ1v) is 7.79. The standard InChI is InChI=1S/C16H21N5O2/c1-21-15(6-7-20-21)14-5-4-12(9-17-14)10-18-16(22)19-11-13-3-2-8-23-13/h4-7,9,13H,2-3,8,10-11H2,1H3,(H2,18,19,22)/t13-/m1/s1. The van der Waals surface area contributed by atoms with Crippen molar-refractivity contribution < 1.29 is 9.53 Å². The average Bonchev–Trinajstić information content (AvgIpc) is 3.23. The number of aromatic nitrogens is 3. The lowest BCUT2D eigenvalue weighted by atomic mass is 10.2. The molecule has 1 fully saturated rings. The van der Waals surface area contributed by atoms with Crippen molar-refractivity contribution in [2.45, 2.75) is 25.5 Å². The summed E-state index contributed by atoms with van der Waals surface area (Å²) in [5.41, 5.74) is 2.76. The van der Waals surface area contributed by atoms with Crippen molar-refractivity contribution in [3.8, 4) is 11.4 Å². The van der Waals surface area contributed by atoms with Crippen molar-refractivity contribution in [3.05, 3.63) is 36.2 Å². The lowest BCUT2D eigenvalue weighted by Gasteiger charge is -2.11. The van der Waals surface area contributed by atoms with Crippen molar-refractivity contribution in [1.29, 1.82) is 0 Å². The molecule has 0 bridgehead atoms. The quantitative estimate of drug-likeness (QED) is 0.875. The minimum atomic E-state index is -0.184. The summed E-state index contributed by atoms with van der Waals surface area (Å²) in [4.78, 5) is 16.2. The van der Waals surface area contributed by atoms with E-state index in [9.17, 15) is 4.79 Å². The van der Waals surface area contributed by atoms with Crippen LogP contribution in [0.25, 0.3) is 11.4 Å². The van der Waals surface area contributed by atoms with Crippen LogP contribution in [0.3, 0.4) is 0 Å². The molecule has 0 unspecified atom stereocenters. The van der Waals surface area contributed by atoms with Crippen molar-refractivity contribution in [3.63, 3.8) is 0 Å². The van der Waals surface area contributed by atoms with E-state index in [0.717, 1.165) is 36.4 Å². The van der Waals surface area contributed by atoms with E-state index in [-0.39, 0.29) is 12.1 Å². The molecule has 1 saturated heterocycles. The van der Waals surface area contributed by atoms with Crippen LogP contribution in [0.5, 0.6) is 0 Å². The molecule has 2 aromatic heterocycles. The van der Waals surface area contributed by atoms with Gasteiger partial charge in [0.1, 0.15) is 0 Å². The molecule has 0 aliphatic carbocycles. The van der Waals surface area contributed by atoms with Gasteiger partial charge in [0.25, 0.3) is 0 Å². The van der Waals surface area contributed by atoms with Gasteiger partial charge >= 0.3 is 6.03 Å². The normalized spacial score (nSPS) is 17.2. The third-order valence-electron chi connectivity index (χ3n) is 3.88. The van der Waals surface area contributed by atoms with Gasteiger partial charge in [-0.1, -0.05) is 6.07 Å². The van der Waals surface area contributed by atoms with E-state index in [1.165, 1.54) is 0 Å².